The summed E-state index contributed by atoms with van der Waals surface area (Å²) in [7, 11) is 2.02. The van der Waals surface area contributed by atoms with Crippen molar-refractivity contribution >= 4 is 27.5 Å². The van der Waals surface area contributed by atoms with E-state index in [9.17, 15) is 4.79 Å². The second kappa shape index (κ2) is 7.54. The number of thiazole rings is 1. The minimum Gasteiger partial charge on any atom is -0.454 e. The van der Waals surface area contributed by atoms with Crippen LogP contribution in [0.2, 0.25) is 0 Å². The van der Waals surface area contributed by atoms with Crippen molar-refractivity contribution in [1.82, 2.24) is 10.3 Å². The van der Waals surface area contributed by atoms with Gasteiger partial charge in [0, 0.05) is 6.54 Å². The number of aromatic nitrogens is 1. The van der Waals surface area contributed by atoms with Gasteiger partial charge in [0.2, 0.25) is 6.79 Å². The fraction of sp³-hybridized carbons (Fsp3) is 0.300. The number of amides is 1. The maximum absolute atomic E-state index is 12.4. The number of rotatable bonds is 6. The molecule has 4 rings (SSSR count). The summed E-state index contributed by atoms with van der Waals surface area (Å²) in [5.74, 6) is 1.49. The van der Waals surface area contributed by atoms with Crippen molar-refractivity contribution in [3.05, 3.63) is 53.0 Å². The predicted molar refractivity (Wildman–Crippen MR) is 104 cm³/mol. The highest BCUT2D eigenvalue weighted by molar-refractivity contribution is 7.18. The molecule has 1 aliphatic heterocycles. The summed E-state index contributed by atoms with van der Waals surface area (Å²) in [6.45, 7) is 3.22. The van der Waals surface area contributed by atoms with Gasteiger partial charge in [0.05, 0.1) is 17.3 Å². The summed E-state index contributed by atoms with van der Waals surface area (Å²) in [6.07, 6.45) is 0. The van der Waals surface area contributed by atoms with E-state index in [1.807, 2.05) is 43.4 Å². The van der Waals surface area contributed by atoms with Crippen LogP contribution in [0.1, 0.15) is 23.5 Å². The van der Waals surface area contributed by atoms with E-state index < -0.39 is 0 Å². The largest absolute Gasteiger partial charge is 0.454 e. The topological polar surface area (TPSA) is 64.9 Å². The standard InChI is InChI=1S/C20H21N3O3S/c1-13(20-22-15-5-3-4-6-18(15)27-20)23(2)11-19(24)21-10-14-7-8-16-17(9-14)26-12-25-16/h3-9,13H,10-12H2,1-2H3,(H,21,24)/p+1/t13-/m1/s1. The summed E-state index contributed by atoms with van der Waals surface area (Å²) >= 11 is 1.69. The second-order valence-corrected chi connectivity index (χ2v) is 7.79. The van der Waals surface area contributed by atoms with Gasteiger partial charge in [-0.05, 0) is 36.8 Å². The van der Waals surface area contributed by atoms with Gasteiger partial charge >= 0.3 is 0 Å². The Balaban J connectivity index is 1.33. The molecule has 0 spiro atoms. The molecule has 1 aliphatic rings. The Morgan fingerprint density at radius 3 is 2.93 bits per heavy atom. The second-order valence-electron chi connectivity index (χ2n) is 6.73. The lowest BCUT2D eigenvalue weighted by Gasteiger charge is -2.19. The Kier molecular flexibility index (Phi) is 4.96. The molecule has 1 aromatic heterocycles. The van der Waals surface area contributed by atoms with E-state index >= 15 is 0 Å². The number of hydrogen-bond acceptors (Lipinski definition) is 5. The lowest BCUT2D eigenvalue weighted by molar-refractivity contribution is -0.902. The summed E-state index contributed by atoms with van der Waals surface area (Å²) < 4.78 is 11.9. The third-order valence-electron chi connectivity index (χ3n) is 4.79. The summed E-state index contributed by atoms with van der Waals surface area (Å²) in [4.78, 5) is 18.2. The molecule has 0 saturated carbocycles. The number of nitrogens with one attached hydrogen (secondary N) is 2. The fourth-order valence-corrected chi connectivity index (χ4v) is 4.12. The molecular weight excluding hydrogens is 362 g/mol. The monoisotopic (exact) mass is 384 g/mol. The number of fused-ring (bicyclic) bond motifs is 2. The minimum absolute atomic E-state index is 0.0122. The molecule has 140 valence electrons. The van der Waals surface area contributed by atoms with Crippen LogP contribution in [-0.4, -0.2) is 31.3 Å². The van der Waals surface area contributed by atoms with Gasteiger partial charge in [-0.2, -0.15) is 0 Å². The van der Waals surface area contributed by atoms with Crippen molar-refractivity contribution in [2.75, 3.05) is 20.4 Å². The van der Waals surface area contributed by atoms with Crippen molar-refractivity contribution in [3.8, 4) is 11.5 Å². The van der Waals surface area contributed by atoms with Crippen LogP contribution in [0.25, 0.3) is 10.2 Å². The molecule has 2 atom stereocenters. The Morgan fingerprint density at radius 1 is 1.26 bits per heavy atom. The first kappa shape index (κ1) is 17.8. The lowest BCUT2D eigenvalue weighted by atomic mass is 10.2. The number of para-hydroxylation sites is 1. The van der Waals surface area contributed by atoms with Gasteiger partial charge in [-0.25, -0.2) is 4.98 Å². The summed E-state index contributed by atoms with van der Waals surface area (Å²) in [6, 6.07) is 14.0. The van der Waals surface area contributed by atoms with E-state index in [2.05, 4.69) is 18.3 Å². The Bertz CT molecular complexity index is 939. The normalized spacial score (nSPS) is 14.9. The zero-order valence-corrected chi connectivity index (χ0v) is 16.1. The predicted octanol–water partition coefficient (Wildman–Crippen LogP) is 1.92. The maximum atomic E-state index is 12.4. The molecule has 7 heteroatoms. The molecule has 0 aliphatic carbocycles. The molecule has 6 nitrogen and oxygen atoms in total. The Hall–Kier alpha value is -2.64. The zero-order valence-electron chi connectivity index (χ0n) is 15.3. The quantitative estimate of drug-likeness (QED) is 0.682. The first-order chi connectivity index (χ1) is 13.1. The number of carbonyl (C=O) groups excluding carboxylic acids is 1. The molecule has 27 heavy (non-hydrogen) atoms. The van der Waals surface area contributed by atoms with Gasteiger partial charge < -0.3 is 19.7 Å². The fourth-order valence-electron chi connectivity index (χ4n) is 3.01. The first-order valence-electron chi connectivity index (χ1n) is 8.93. The number of hydrogen-bond donors (Lipinski definition) is 2. The molecule has 2 heterocycles. The number of likely N-dealkylation sites (N-methyl/N-ethyl adjacent to an activating group) is 1. The number of quaternary nitrogens is 1. The molecular formula is C20H22N3O3S+. The van der Waals surface area contributed by atoms with E-state index in [1.54, 1.807) is 11.3 Å². The number of carbonyl (C=O) groups is 1. The van der Waals surface area contributed by atoms with Crippen LogP contribution in [0.5, 0.6) is 11.5 Å². The number of ether oxygens (including phenoxy) is 2. The molecule has 0 fully saturated rings. The van der Waals surface area contributed by atoms with Gasteiger partial charge in [-0.3, -0.25) is 4.79 Å². The highest BCUT2D eigenvalue weighted by Crippen LogP contribution is 2.32. The third-order valence-corrected chi connectivity index (χ3v) is 6.01. The van der Waals surface area contributed by atoms with Crippen LogP contribution in [0, 0.1) is 0 Å². The van der Waals surface area contributed by atoms with Crippen LogP contribution in [0.15, 0.2) is 42.5 Å². The number of nitrogens with zero attached hydrogens (tertiary/aromatic N) is 1. The maximum Gasteiger partial charge on any atom is 0.275 e. The molecule has 1 unspecified atom stereocenters. The van der Waals surface area contributed by atoms with Gasteiger partial charge in [0.25, 0.3) is 5.91 Å². The van der Waals surface area contributed by atoms with Crippen LogP contribution < -0.4 is 19.7 Å². The molecule has 3 aromatic rings. The van der Waals surface area contributed by atoms with E-state index in [4.69, 9.17) is 14.5 Å². The van der Waals surface area contributed by atoms with Gasteiger partial charge in [0.1, 0.15) is 6.04 Å². The van der Waals surface area contributed by atoms with Crippen molar-refractivity contribution in [3.63, 3.8) is 0 Å². The highest BCUT2D eigenvalue weighted by Gasteiger charge is 2.22. The molecule has 0 radical (unpaired) electrons. The molecule has 0 bridgehead atoms. The van der Waals surface area contributed by atoms with Crippen molar-refractivity contribution < 1.29 is 19.2 Å². The zero-order chi connectivity index (χ0) is 18.8. The van der Waals surface area contributed by atoms with E-state index in [0.29, 0.717) is 13.1 Å². The SMILES string of the molecule is C[C@H](c1nc2ccccc2s1)[NH+](C)CC(=O)NCc1ccc2c(c1)OCO2. The Labute approximate surface area is 161 Å². The van der Waals surface area contributed by atoms with E-state index in [1.165, 1.54) is 4.70 Å². The first-order valence-corrected chi connectivity index (χ1v) is 9.75. The lowest BCUT2D eigenvalue weighted by Crippen LogP contribution is -3.10. The van der Waals surface area contributed by atoms with Crippen LogP contribution >= 0.6 is 11.3 Å². The van der Waals surface area contributed by atoms with Crippen LogP contribution in [0.4, 0.5) is 0 Å². The van der Waals surface area contributed by atoms with Gasteiger partial charge in [-0.15, -0.1) is 11.3 Å². The van der Waals surface area contributed by atoms with Crippen molar-refractivity contribution in [1.29, 1.82) is 0 Å². The molecule has 0 saturated heterocycles. The summed E-state index contributed by atoms with van der Waals surface area (Å²) in [5, 5.41) is 4.03. The average molecular weight is 384 g/mol. The van der Waals surface area contributed by atoms with Crippen molar-refractivity contribution in [2.45, 2.75) is 19.5 Å². The molecule has 2 N–H and O–H groups in total. The van der Waals surface area contributed by atoms with Crippen LogP contribution in [0.3, 0.4) is 0 Å². The molecule has 2 aromatic carbocycles. The molecule has 1 amide bonds. The van der Waals surface area contributed by atoms with Crippen molar-refractivity contribution in [2.24, 2.45) is 0 Å². The minimum atomic E-state index is 0.0122. The van der Waals surface area contributed by atoms with E-state index in [0.717, 1.165) is 32.5 Å². The van der Waals surface area contributed by atoms with Crippen LogP contribution in [-0.2, 0) is 11.3 Å². The number of benzene rings is 2. The summed E-state index contributed by atoms with van der Waals surface area (Å²) in [5.41, 5.74) is 2.01. The highest BCUT2D eigenvalue weighted by atomic mass is 32.1. The van der Waals surface area contributed by atoms with E-state index in [-0.39, 0.29) is 18.7 Å². The Morgan fingerprint density at radius 2 is 2.07 bits per heavy atom. The smallest absolute Gasteiger partial charge is 0.275 e. The van der Waals surface area contributed by atoms with Gasteiger partial charge in [0.15, 0.2) is 23.1 Å². The third kappa shape index (κ3) is 3.89. The average Bonchev–Trinajstić information content (AvgIpc) is 3.31. The van der Waals surface area contributed by atoms with Gasteiger partial charge in [-0.1, -0.05) is 18.2 Å².